The minimum atomic E-state index is -0.0543. The molecule has 0 heterocycles. The Hall–Kier alpha value is -0.860. The molecule has 0 fully saturated rings. The lowest BCUT2D eigenvalue weighted by Gasteiger charge is -2.45. The van der Waals surface area contributed by atoms with Gasteiger partial charge in [-0.1, -0.05) is 93.5 Å². The molecule has 2 nitrogen and oxygen atoms in total. The van der Waals surface area contributed by atoms with E-state index >= 15 is 0 Å². The maximum Gasteiger partial charge on any atom is 0.0565 e. The summed E-state index contributed by atoms with van der Waals surface area (Å²) < 4.78 is 12.2. The SMILES string of the molecule is CCCOCC(C)(c1cccc(C(C)(COCCC)C(C)(C)C)c1)C(C)(C)C. The number of ether oxygens (including phenoxy) is 2. The van der Waals surface area contributed by atoms with Crippen molar-refractivity contribution in [1.29, 1.82) is 0 Å². The summed E-state index contributed by atoms with van der Waals surface area (Å²) in [5.41, 5.74) is 2.80. The molecule has 0 spiro atoms. The zero-order valence-corrected chi connectivity index (χ0v) is 20.4. The van der Waals surface area contributed by atoms with Crippen LogP contribution in [0, 0.1) is 10.8 Å². The standard InChI is InChI=1S/C26H46O2/c1-11-16-27-19-25(9,23(3,4)5)21-14-13-15-22(18-21)26(10,24(6,7)8)20-28-17-12-2/h13-15,18H,11-12,16-17,19-20H2,1-10H3. The third-order valence-corrected chi connectivity index (χ3v) is 6.93. The lowest BCUT2D eigenvalue weighted by molar-refractivity contribution is 0.0350. The second-order valence-corrected chi connectivity index (χ2v) is 10.9. The van der Waals surface area contributed by atoms with Gasteiger partial charge in [-0.05, 0) is 34.8 Å². The topological polar surface area (TPSA) is 18.5 Å². The maximum atomic E-state index is 6.08. The van der Waals surface area contributed by atoms with Crippen LogP contribution in [0.15, 0.2) is 24.3 Å². The number of hydrogen-bond acceptors (Lipinski definition) is 2. The van der Waals surface area contributed by atoms with E-state index < -0.39 is 0 Å². The van der Waals surface area contributed by atoms with Crippen molar-refractivity contribution >= 4 is 0 Å². The zero-order valence-electron chi connectivity index (χ0n) is 20.4. The summed E-state index contributed by atoms with van der Waals surface area (Å²) in [4.78, 5) is 0. The molecule has 2 heteroatoms. The summed E-state index contributed by atoms with van der Waals surface area (Å²) in [6.07, 6.45) is 2.11. The van der Waals surface area contributed by atoms with Crippen molar-refractivity contribution < 1.29 is 9.47 Å². The molecule has 2 unspecified atom stereocenters. The molecule has 0 radical (unpaired) electrons. The second-order valence-electron chi connectivity index (χ2n) is 10.9. The normalized spacial score (nSPS) is 17.2. The van der Waals surface area contributed by atoms with Gasteiger partial charge in [0.1, 0.15) is 0 Å². The fourth-order valence-corrected chi connectivity index (χ4v) is 3.51. The van der Waals surface area contributed by atoms with E-state index in [2.05, 4.69) is 93.5 Å². The average Bonchev–Trinajstić information content (AvgIpc) is 2.60. The van der Waals surface area contributed by atoms with Gasteiger partial charge in [-0.2, -0.15) is 0 Å². The lowest BCUT2D eigenvalue weighted by atomic mass is 9.61. The van der Waals surface area contributed by atoms with Gasteiger partial charge in [0.05, 0.1) is 13.2 Å². The largest absolute Gasteiger partial charge is 0.381 e. The van der Waals surface area contributed by atoms with Gasteiger partial charge < -0.3 is 9.47 Å². The van der Waals surface area contributed by atoms with E-state index in [1.807, 2.05) is 0 Å². The first kappa shape index (κ1) is 25.2. The van der Waals surface area contributed by atoms with E-state index in [1.54, 1.807) is 0 Å². The van der Waals surface area contributed by atoms with Gasteiger partial charge in [-0.15, -0.1) is 0 Å². The van der Waals surface area contributed by atoms with Crippen molar-refractivity contribution in [2.45, 2.75) is 92.9 Å². The molecule has 0 bridgehead atoms. The predicted octanol–water partition coefficient (Wildman–Crippen LogP) is 7.15. The highest BCUT2D eigenvalue weighted by Gasteiger charge is 2.43. The molecular weight excluding hydrogens is 344 g/mol. The third kappa shape index (κ3) is 5.60. The lowest BCUT2D eigenvalue weighted by Crippen LogP contribution is -2.44. The van der Waals surface area contributed by atoms with Crippen LogP contribution in [0.2, 0.25) is 0 Å². The van der Waals surface area contributed by atoms with E-state index in [1.165, 1.54) is 11.1 Å². The summed E-state index contributed by atoms with van der Waals surface area (Å²) >= 11 is 0. The molecule has 2 atom stereocenters. The smallest absolute Gasteiger partial charge is 0.0565 e. The molecule has 0 aliphatic carbocycles. The van der Waals surface area contributed by atoms with E-state index in [-0.39, 0.29) is 21.7 Å². The van der Waals surface area contributed by atoms with Crippen molar-refractivity contribution in [2.75, 3.05) is 26.4 Å². The van der Waals surface area contributed by atoms with Crippen LogP contribution in [0.3, 0.4) is 0 Å². The molecule has 0 saturated carbocycles. The van der Waals surface area contributed by atoms with E-state index in [4.69, 9.17) is 9.47 Å². The molecule has 28 heavy (non-hydrogen) atoms. The first-order chi connectivity index (χ1) is 12.8. The summed E-state index contributed by atoms with van der Waals surface area (Å²) in [6.45, 7) is 26.1. The van der Waals surface area contributed by atoms with Crippen LogP contribution < -0.4 is 0 Å². The first-order valence-electron chi connectivity index (χ1n) is 11.1. The highest BCUT2D eigenvalue weighted by molar-refractivity contribution is 5.37. The van der Waals surface area contributed by atoms with Crippen molar-refractivity contribution in [2.24, 2.45) is 10.8 Å². The molecule has 0 N–H and O–H groups in total. The number of benzene rings is 1. The molecule has 0 saturated heterocycles. The van der Waals surface area contributed by atoms with Gasteiger partial charge in [0.2, 0.25) is 0 Å². The molecule has 1 rings (SSSR count). The summed E-state index contributed by atoms with van der Waals surface area (Å²) in [5.74, 6) is 0. The van der Waals surface area contributed by atoms with Gasteiger partial charge in [-0.25, -0.2) is 0 Å². The Morgan fingerprint density at radius 1 is 0.643 bits per heavy atom. The van der Waals surface area contributed by atoms with Crippen molar-refractivity contribution in [1.82, 2.24) is 0 Å². The zero-order chi connectivity index (χ0) is 21.6. The van der Waals surface area contributed by atoms with Crippen LogP contribution in [0.5, 0.6) is 0 Å². The minimum Gasteiger partial charge on any atom is -0.381 e. The summed E-state index contributed by atoms with van der Waals surface area (Å²) in [5, 5.41) is 0. The molecular formula is C26H46O2. The second kappa shape index (κ2) is 9.76. The van der Waals surface area contributed by atoms with Crippen LogP contribution >= 0.6 is 0 Å². The number of rotatable bonds is 10. The Bertz CT molecular complexity index is 544. The molecule has 1 aromatic rings. The van der Waals surface area contributed by atoms with E-state index in [9.17, 15) is 0 Å². The Kier molecular flexibility index (Phi) is 8.78. The van der Waals surface area contributed by atoms with Crippen LogP contribution in [0.1, 0.15) is 93.2 Å². The molecule has 0 aromatic heterocycles. The Labute approximate surface area is 175 Å². The Morgan fingerprint density at radius 3 is 1.29 bits per heavy atom. The highest BCUT2D eigenvalue weighted by atomic mass is 16.5. The van der Waals surface area contributed by atoms with Gasteiger partial charge in [0.25, 0.3) is 0 Å². The Morgan fingerprint density at radius 2 is 1.00 bits per heavy atom. The predicted molar refractivity (Wildman–Crippen MR) is 122 cm³/mol. The molecule has 0 aliphatic rings. The van der Waals surface area contributed by atoms with Gasteiger partial charge in [0.15, 0.2) is 0 Å². The van der Waals surface area contributed by atoms with Crippen molar-refractivity contribution in [3.05, 3.63) is 35.4 Å². The van der Waals surface area contributed by atoms with E-state index in [0.717, 1.165) is 39.3 Å². The van der Waals surface area contributed by atoms with Gasteiger partial charge >= 0.3 is 0 Å². The average molecular weight is 391 g/mol. The fourth-order valence-electron chi connectivity index (χ4n) is 3.51. The third-order valence-electron chi connectivity index (χ3n) is 6.93. The van der Waals surface area contributed by atoms with Crippen molar-refractivity contribution in [3.63, 3.8) is 0 Å². The summed E-state index contributed by atoms with van der Waals surface area (Å²) in [7, 11) is 0. The minimum absolute atomic E-state index is 0.0543. The fraction of sp³-hybridized carbons (Fsp3) is 0.769. The van der Waals surface area contributed by atoms with Gasteiger partial charge in [0, 0.05) is 24.0 Å². The van der Waals surface area contributed by atoms with Gasteiger partial charge in [-0.3, -0.25) is 0 Å². The molecule has 0 amide bonds. The van der Waals surface area contributed by atoms with Crippen LogP contribution in [-0.4, -0.2) is 26.4 Å². The molecule has 0 aliphatic heterocycles. The molecule has 1 aromatic carbocycles. The van der Waals surface area contributed by atoms with Crippen LogP contribution in [0.25, 0.3) is 0 Å². The Balaban J connectivity index is 3.39. The van der Waals surface area contributed by atoms with E-state index in [0.29, 0.717) is 0 Å². The van der Waals surface area contributed by atoms with Crippen LogP contribution in [0.4, 0.5) is 0 Å². The first-order valence-corrected chi connectivity index (χ1v) is 11.1. The van der Waals surface area contributed by atoms with Crippen molar-refractivity contribution in [3.8, 4) is 0 Å². The highest BCUT2D eigenvalue weighted by Crippen LogP contribution is 2.46. The molecule has 162 valence electrons. The number of hydrogen-bond donors (Lipinski definition) is 0. The monoisotopic (exact) mass is 390 g/mol. The summed E-state index contributed by atoms with van der Waals surface area (Å²) in [6, 6.07) is 9.19. The van der Waals surface area contributed by atoms with Crippen LogP contribution in [-0.2, 0) is 20.3 Å². The maximum absolute atomic E-state index is 6.08. The quantitative estimate of drug-likeness (QED) is 0.395.